The normalized spacial score (nSPS) is 10.9. The lowest BCUT2D eigenvalue weighted by Crippen LogP contribution is -2.34. The molecular weight excluding hydrogens is 234 g/mol. The summed E-state index contributed by atoms with van der Waals surface area (Å²) in [6, 6.07) is 0. The minimum absolute atomic E-state index is 0.0284. The molecule has 1 rings (SSSR count). The maximum atomic E-state index is 12.2. The number of carbonyl (C=O) groups is 1. The van der Waals surface area contributed by atoms with Crippen molar-refractivity contribution in [3.05, 3.63) is 16.1 Å². The fourth-order valence-corrected chi connectivity index (χ4v) is 2.39. The van der Waals surface area contributed by atoms with Gasteiger partial charge in [0.1, 0.15) is 5.69 Å². The van der Waals surface area contributed by atoms with E-state index in [-0.39, 0.29) is 5.91 Å². The number of nitrogens with two attached hydrogens (primary N) is 1. The zero-order chi connectivity index (χ0) is 12.8. The summed E-state index contributed by atoms with van der Waals surface area (Å²) >= 11 is 1.51. The second-order valence-corrected chi connectivity index (χ2v) is 5.35. The quantitative estimate of drug-likeness (QED) is 0.842. The topological polar surface area (TPSA) is 59.2 Å². The molecule has 96 valence electrons. The Hall–Kier alpha value is -0.940. The third kappa shape index (κ3) is 4.09. The standard InChI is InChI=1S/C12H21N3OS/c1-4-15(7-9(2)3)12(16)10-8-17-11(14-10)5-6-13/h8-9H,4-7,13H2,1-3H3. The van der Waals surface area contributed by atoms with E-state index in [4.69, 9.17) is 5.73 Å². The number of rotatable bonds is 6. The predicted octanol–water partition coefficient (Wildman–Crippen LogP) is 1.76. The van der Waals surface area contributed by atoms with Crippen LogP contribution in [0, 0.1) is 5.92 Å². The van der Waals surface area contributed by atoms with Crippen LogP contribution in [0.15, 0.2) is 5.38 Å². The molecule has 0 aliphatic carbocycles. The van der Waals surface area contributed by atoms with Crippen molar-refractivity contribution in [2.24, 2.45) is 11.7 Å². The number of thiazole rings is 1. The van der Waals surface area contributed by atoms with E-state index >= 15 is 0 Å². The Labute approximate surface area is 107 Å². The van der Waals surface area contributed by atoms with Gasteiger partial charge in [-0.05, 0) is 19.4 Å². The Kier molecular flexibility index (Phi) is 5.58. The molecule has 0 saturated heterocycles. The van der Waals surface area contributed by atoms with Gasteiger partial charge in [0, 0.05) is 24.9 Å². The van der Waals surface area contributed by atoms with E-state index in [0.717, 1.165) is 24.5 Å². The highest BCUT2D eigenvalue weighted by Gasteiger charge is 2.17. The lowest BCUT2D eigenvalue weighted by Gasteiger charge is -2.21. The smallest absolute Gasteiger partial charge is 0.273 e. The van der Waals surface area contributed by atoms with E-state index in [1.807, 2.05) is 17.2 Å². The Morgan fingerprint density at radius 3 is 2.82 bits per heavy atom. The SMILES string of the molecule is CCN(CC(C)C)C(=O)c1csc(CCN)n1. The van der Waals surface area contributed by atoms with E-state index in [1.165, 1.54) is 11.3 Å². The molecule has 1 aromatic rings. The van der Waals surface area contributed by atoms with Crippen LogP contribution >= 0.6 is 11.3 Å². The van der Waals surface area contributed by atoms with Gasteiger partial charge in [-0.15, -0.1) is 11.3 Å². The van der Waals surface area contributed by atoms with Gasteiger partial charge in [0.15, 0.2) is 0 Å². The van der Waals surface area contributed by atoms with Crippen molar-refractivity contribution in [1.29, 1.82) is 0 Å². The molecule has 0 saturated carbocycles. The maximum Gasteiger partial charge on any atom is 0.273 e. The van der Waals surface area contributed by atoms with Crippen LogP contribution in [-0.4, -0.2) is 35.4 Å². The summed E-state index contributed by atoms with van der Waals surface area (Å²) in [4.78, 5) is 18.3. The van der Waals surface area contributed by atoms with Gasteiger partial charge in [0.05, 0.1) is 5.01 Å². The molecule has 0 spiro atoms. The van der Waals surface area contributed by atoms with Gasteiger partial charge in [0.2, 0.25) is 0 Å². The van der Waals surface area contributed by atoms with Crippen molar-refractivity contribution < 1.29 is 4.79 Å². The van der Waals surface area contributed by atoms with Crippen LogP contribution in [0.4, 0.5) is 0 Å². The van der Waals surface area contributed by atoms with Crippen molar-refractivity contribution >= 4 is 17.2 Å². The molecule has 0 aliphatic heterocycles. The molecule has 0 radical (unpaired) electrons. The Morgan fingerprint density at radius 1 is 1.59 bits per heavy atom. The summed E-state index contributed by atoms with van der Waals surface area (Å²) in [5, 5.41) is 2.77. The molecule has 0 unspecified atom stereocenters. The molecule has 0 aliphatic rings. The fraction of sp³-hybridized carbons (Fsp3) is 0.667. The van der Waals surface area contributed by atoms with E-state index < -0.39 is 0 Å². The average Bonchev–Trinajstić information content (AvgIpc) is 2.74. The van der Waals surface area contributed by atoms with Gasteiger partial charge < -0.3 is 10.6 Å². The molecule has 1 heterocycles. The highest BCUT2D eigenvalue weighted by Crippen LogP contribution is 2.13. The van der Waals surface area contributed by atoms with Crippen LogP contribution in [0.2, 0.25) is 0 Å². The van der Waals surface area contributed by atoms with Crippen LogP contribution in [0.5, 0.6) is 0 Å². The van der Waals surface area contributed by atoms with Crippen LogP contribution < -0.4 is 5.73 Å². The zero-order valence-corrected chi connectivity index (χ0v) is 11.6. The van der Waals surface area contributed by atoms with Gasteiger partial charge >= 0.3 is 0 Å². The van der Waals surface area contributed by atoms with Crippen LogP contribution in [0.3, 0.4) is 0 Å². The van der Waals surface area contributed by atoms with E-state index in [0.29, 0.717) is 18.2 Å². The molecule has 0 atom stereocenters. The molecule has 2 N–H and O–H groups in total. The zero-order valence-electron chi connectivity index (χ0n) is 10.8. The number of nitrogens with zero attached hydrogens (tertiary/aromatic N) is 2. The summed E-state index contributed by atoms with van der Waals surface area (Å²) < 4.78 is 0. The fourth-order valence-electron chi connectivity index (χ4n) is 1.61. The van der Waals surface area contributed by atoms with Crippen LogP contribution in [-0.2, 0) is 6.42 Å². The lowest BCUT2D eigenvalue weighted by molar-refractivity contribution is 0.0740. The lowest BCUT2D eigenvalue weighted by atomic mass is 10.2. The summed E-state index contributed by atoms with van der Waals surface area (Å²) in [5.41, 5.74) is 6.03. The molecule has 1 amide bonds. The van der Waals surface area contributed by atoms with Crippen molar-refractivity contribution in [1.82, 2.24) is 9.88 Å². The van der Waals surface area contributed by atoms with Crippen molar-refractivity contribution in [2.45, 2.75) is 27.2 Å². The van der Waals surface area contributed by atoms with Gasteiger partial charge in [-0.3, -0.25) is 4.79 Å². The Bertz CT molecular complexity index is 362. The minimum atomic E-state index is 0.0284. The number of hydrogen-bond donors (Lipinski definition) is 1. The first-order valence-electron chi connectivity index (χ1n) is 6.02. The number of hydrogen-bond acceptors (Lipinski definition) is 4. The maximum absolute atomic E-state index is 12.2. The molecule has 5 heteroatoms. The first kappa shape index (κ1) is 14.1. The third-order valence-electron chi connectivity index (χ3n) is 2.38. The second kappa shape index (κ2) is 6.71. The molecule has 17 heavy (non-hydrogen) atoms. The monoisotopic (exact) mass is 255 g/mol. The molecule has 0 fully saturated rings. The first-order chi connectivity index (χ1) is 8.08. The molecular formula is C12H21N3OS. The second-order valence-electron chi connectivity index (χ2n) is 4.40. The first-order valence-corrected chi connectivity index (χ1v) is 6.90. The third-order valence-corrected chi connectivity index (χ3v) is 3.29. The van der Waals surface area contributed by atoms with Gasteiger partial charge in [0.25, 0.3) is 5.91 Å². The molecule has 1 aromatic heterocycles. The number of amides is 1. The largest absolute Gasteiger partial charge is 0.337 e. The highest BCUT2D eigenvalue weighted by molar-refractivity contribution is 7.09. The van der Waals surface area contributed by atoms with Crippen LogP contribution in [0.1, 0.15) is 36.3 Å². The summed E-state index contributed by atoms with van der Waals surface area (Å²) in [6.07, 6.45) is 0.744. The van der Waals surface area contributed by atoms with Crippen molar-refractivity contribution in [2.75, 3.05) is 19.6 Å². The van der Waals surface area contributed by atoms with Gasteiger partial charge in [-0.25, -0.2) is 4.98 Å². The highest BCUT2D eigenvalue weighted by atomic mass is 32.1. The molecule has 0 bridgehead atoms. The van der Waals surface area contributed by atoms with E-state index in [9.17, 15) is 4.79 Å². The Balaban J connectivity index is 2.71. The van der Waals surface area contributed by atoms with E-state index in [1.54, 1.807) is 0 Å². The average molecular weight is 255 g/mol. The van der Waals surface area contributed by atoms with Crippen LogP contribution in [0.25, 0.3) is 0 Å². The predicted molar refractivity (Wildman–Crippen MR) is 71.3 cm³/mol. The van der Waals surface area contributed by atoms with Gasteiger partial charge in [-0.1, -0.05) is 13.8 Å². The van der Waals surface area contributed by atoms with Crippen molar-refractivity contribution in [3.8, 4) is 0 Å². The van der Waals surface area contributed by atoms with Crippen molar-refractivity contribution in [3.63, 3.8) is 0 Å². The Morgan fingerprint density at radius 2 is 2.29 bits per heavy atom. The summed E-state index contributed by atoms with van der Waals surface area (Å²) in [5.74, 6) is 0.502. The number of aromatic nitrogens is 1. The molecule has 4 nitrogen and oxygen atoms in total. The minimum Gasteiger partial charge on any atom is -0.337 e. The van der Waals surface area contributed by atoms with Gasteiger partial charge in [-0.2, -0.15) is 0 Å². The van der Waals surface area contributed by atoms with E-state index in [2.05, 4.69) is 18.8 Å². The summed E-state index contributed by atoms with van der Waals surface area (Å²) in [7, 11) is 0. The number of carbonyl (C=O) groups excluding carboxylic acids is 1. The molecule has 0 aromatic carbocycles. The summed E-state index contributed by atoms with van der Waals surface area (Å²) in [6.45, 7) is 8.28.